The summed E-state index contributed by atoms with van der Waals surface area (Å²) in [4.78, 5) is 30.3. The van der Waals surface area contributed by atoms with E-state index >= 15 is 0 Å². The molecule has 1 unspecified atom stereocenters. The first-order chi connectivity index (χ1) is 22.6. The molecule has 0 aliphatic heterocycles. The monoisotopic (exact) mass is 675 g/mol. The number of hydrogen-bond donors (Lipinski definition) is 1. The second-order valence-corrected chi connectivity index (χ2v) is 16.0. The molecule has 4 heterocycles. The summed E-state index contributed by atoms with van der Waals surface area (Å²) >= 11 is 0. The molecule has 14 heteroatoms. The number of aromatic nitrogens is 6. The van der Waals surface area contributed by atoms with Crippen molar-refractivity contribution in [2.45, 2.75) is 89.3 Å². The summed E-state index contributed by atoms with van der Waals surface area (Å²) in [5.74, 6) is -0.870. The SMILES string of the molecule is Cn1cc(C2=CC(C)(S(=O)(=O)n3cc(-c4cnn(CCCC(=O)O)c4)c4cccnc43)CC=C2)c(CN(C(=O)OC(C)(C)C)C2CC2)n1. The Labute approximate surface area is 279 Å². The number of rotatable bonds is 11. The zero-order valence-electron chi connectivity index (χ0n) is 27.8. The minimum absolute atomic E-state index is 0.0300. The molecule has 1 N–H and O–H groups in total. The van der Waals surface area contributed by atoms with Gasteiger partial charge in [-0.2, -0.15) is 10.2 Å². The summed E-state index contributed by atoms with van der Waals surface area (Å²) in [6.45, 7) is 7.88. The molecule has 6 rings (SSSR count). The second-order valence-electron chi connectivity index (χ2n) is 13.7. The molecule has 4 aromatic rings. The third-order valence-corrected chi connectivity index (χ3v) is 10.8. The van der Waals surface area contributed by atoms with E-state index in [9.17, 15) is 18.0 Å². The Kier molecular flexibility index (Phi) is 8.56. The van der Waals surface area contributed by atoms with Gasteiger partial charge in [0.1, 0.15) is 10.3 Å². The molecule has 2 aliphatic rings. The van der Waals surface area contributed by atoms with E-state index in [1.165, 1.54) is 3.97 Å². The van der Waals surface area contributed by atoms with Gasteiger partial charge in [-0.1, -0.05) is 18.2 Å². The minimum Gasteiger partial charge on any atom is -0.481 e. The number of carboxylic acids is 1. The van der Waals surface area contributed by atoms with Gasteiger partial charge in [-0.3, -0.25) is 19.1 Å². The molecule has 0 saturated heterocycles. The van der Waals surface area contributed by atoms with Crippen LogP contribution in [0.2, 0.25) is 0 Å². The molecule has 2 aliphatic carbocycles. The summed E-state index contributed by atoms with van der Waals surface area (Å²) in [7, 11) is -2.27. The molecule has 254 valence electrons. The summed E-state index contributed by atoms with van der Waals surface area (Å²) < 4.78 is 38.2. The highest BCUT2D eigenvalue weighted by Crippen LogP contribution is 2.39. The van der Waals surface area contributed by atoms with Gasteiger partial charge in [0.25, 0.3) is 0 Å². The maximum Gasteiger partial charge on any atom is 0.410 e. The summed E-state index contributed by atoms with van der Waals surface area (Å²) in [6.07, 6.45) is 16.1. The average molecular weight is 676 g/mol. The quantitative estimate of drug-likeness (QED) is 0.221. The maximum atomic E-state index is 14.6. The van der Waals surface area contributed by atoms with Crippen LogP contribution in [0, 0.1) is 0 Å². The number of carbonyl (C=O) groups excluding carboxylic acids is 1. The van der Waals surface area contributed by atoms with E-state index in [-0.39, 0.29) is 25.4 Å². The molecule has 0 bridgehead atoms. The lowest BCUT2D eigenvalue weighted by Crippen LogP contribution is -2.39. The predicted molar refractivity (Wildman–Crippen MR) is 180 cm³/mol. The molecule has 0 spiro atoms. The van der Waals surface area contributed by atoms with Crippen molar-refractivity contribution in [1.29, 1.82) is 0 Å². The number of amides is 1. The van der Waals surface area contributed by atoms with Crippen LogP contribution in [0.25, 0.3) is 27.7 Å². The van der Waals surface area contributed by atoms with E-state index in [0.29, 0.717) is 46.4 Å². The van der Waals surface area contributed by atoms with Crippen molar-refractivity contribution in [2.75, 3.05) is 0 Å². The van der Waals surface area contributed by atoms with Crippen LogP contribution in [0.3, 0.4) is 0 Å². The number of carboxylic acid groups (broad SMARTS) is 1. The fourth-order valence-corrected chi connectivity index (χ4v) is 7.64. The van der Waals surface area contributed by atoms with Gasteiger partial charge in [0.2, 0.25) is 10.0 Å². The van der Waals surface area contributed by atoms with Crippen LogP contribution >= 0.6 is 0 Å². The van der Waals surface area contributed by atoms with E-state index in [4.69, 9.17) is 9.84 Å². The first-order valence-electron chi connectivity index (χ1n) is 16.0. The largest absolute Gasteiger partial charge is 0.481 e. The van der Waals surface area contributed by atoms with Crippen molar-refractivity contribution < 1.29 is 27.9 Å². The number of pyridine rings is 1. The van der Waals surface area contributed by atoms with Crippen molar-refractivity contribution in [3.05, 3.63) is 72.6 Å². The van der Waals surface area contributed by atoms with Gasteiger partial charge in [0, 0.05) is 72.9 Å². The third kappa shape index (κ3) is 6.66. The van der Waals surface area contributed by atoms with Crippen LogP contribution in [-0.4, -0.2) is 75.4 Å². The number of aryl methyl sites for hydroxylation is 2. The molecule has 1 saturated carbocycles. The van der Waals surface area contributed by atoms with Gasteiger partial charge in [-0.25, -0.2) is 22.2 Å². The molecule has 4 aromatic heterocycles. The molecule has 1 atom stereocenters. The highest BCUT2D eigenvalue weighted by atomic mass is 32.2. The van der Waals surface area contributed by atoms with E-state index in [1.807, 2.05) is 45.2 Å². The van der Waals surface area contributed by atoms with Gasteiger partial charge in [-0.15, -0.1) is 0 Å². The van der Waals surface area contributed by atoms with Crippen molar-refractivity contribution in [1.82, 2.24) is 33.4 Å². The minimum atomic E-state index is -4.08. The van der Waals surface area contributed by atoms with Crippen molar-refractivity contribution in [3.8, 4) is 11.1 Å². The van der Waals surface area contributed by atoms with Crippen LogP contribution in [0.4, 0.5) is 4.79 Å². The van der Waals surface area contributed by atoms with Gasteiger partial charge < -0.3 is 9.84 Å². The smallest absolute Gasteiger partial charge is 0.410 e. The molecule has 0 radical (unpaired) electrons. The van der Waals surface area contributed by atoms with Gasteiger partial charge in [0.05, 0.1) is 18.4 Å². The number of allylic oxidation sites excluding steroid dienone is 3. The Balaban J connectivity index is 1.33. The van der Waals surface area contributed by atoms with Crippen LogP contribution < -0.4 is 0 Å². The molecular weight excluding hydrogens is 634 g/mol. The van der Waals surface area contributed by atoms with E-state index in [0.717, 1.165) is 18.4 Å². The Hall–Kier alpha value is -4.72. The van der Waals surface area contributed by atoms with E-state index < -0.39 is 32.4 Å². The van der Waals surface area contributed by atoms with Crippen LogP contribution in [-0.2, 0) is 39.7 Å². The second kappa shape index (κ2) is 12.4. The fraction of sp³-hybridized carbons (Fsp3) is 0.441. The number of nitrogens with zero attached hydrogens (tertiary/aromatic N) is 7. The normalized spacial score (nSPS) is 18.2. The molecule has 13 nitrogen and oxygen atoms in total. The third-order valence-electron chi connectivity index (χ3n) is 8.54. The predicted octanol–water partition coefficient (Wildman–Crippen LogP) is 5.38. The van der Waals surface area contributed by atoms with Crippen LogP contribution in [0.1, 0.15) is 71.1 Å². The van der Waals surface area contributed by atoms with Crippen LogP contribution in [0.15, 0.2) is 61.3 Å². The molecular formula is C34H41N7O6S. The van der Waals surface area contributed by atoms with E-state index in [1.54, 1.807) is 65.2 Å². The number of fused-ring (bicyclic) bond motifs is 1. The number of aliphatic carboxylic acids is 1. The summed E-state index contributed by atoms with van der Waals surface area (Å²) in [5, 5.41) is 18.7. The molecule has 48 heavy (non-hydrogen) atoms. The first kappa shape index (κ1) is 33.2. The fourth-order valence-electron chi connectivity index (χ4n) is 5.99. The van der Waals surface area contributed by atoms with Gasteiger partial charge in [-0.05, 0) is 71.1 Å². The topological polar surface area (TPSA) is 154 Å². The highest BCUT2D eigenvalue weighted by Gasteiger charge is 2.42. The van der Waals surface area contributed by atoms with E-state index in [2.05, 4.69) is 15.2 Å². The number of carbonyl (C=O) groups is 2. The average Bonchev–Trinajstić information content (AvgIpc) is 3.42. The Morgan fingerprint density at radius 2 is 1.94 bits per heavy atom. The standard InChI is InChI=1S/C34H41N7O6S/c1-33(2,3)47-32(44)40(25-12-13-25)22-29-28(20-38(5)37-29)23-9-6-14-34(4,17-23)48(45,46)41-21-27(26-10-7-15-35-31(26)41)24-18-36-39(19-24)16-8-11-30(42)43/h6-7,9-10,15,17-21,25H,8,11-14,16,22H2,1-5H3,(H,42,43). The van der Waals surface area contributed by atoms with Crippen molar-refractivity contribution in [3.63, 3.8) is 0 Å². The van der Waals surface area contributed by atoms with Gasteiger partial charge >= 0.3 is 12.1 Å². The van der Waals surface area contributed by atoms with Gasteiger partial charge in [0.15, 0.2) is 5.65 Å². The molecule has 0 aromatic carbocycles. The number of ether oxygens (including phenoxy) is 1. The zero-order chi connectivity index (χ0) is 34.4. The summed E-state index contributed by atoms with van der Waals surface area (Å²) in [5.41, 5.74) is 3.12. The van der Waals surface area contributed by atoms with Crippen molar-refractivity contribution >= 4 is 38.7 Å². The molecule has 1 amide bonds. The zero-order valence-corrected chi connectivity index (χ0v) is 28.6. The highest BCUT2D eigenvalue weighted by molar-refractivity contribution is 7.91. The summed E-state index contributed by atoms with van der Waals surface area (Å²) in [6, 6.07) is 3.67. The van der Waals surface area contributed by atoms with Crippen LogP contribution in [0.5, 0.6) is 0 Å². The first-order valence-corrected chi connectivity index (χ1v) is 17.5. The molecule has 1 fully saturated rings. The Morgan fingerprint density at radius 1 is 1.17 bits per heavy atom. The Bertz CT molecular complexity index is 2040. The maximum absolute atomic E-state index is 14.6. The lowest BCUT2D eigenvalue weighted by atomic mass is 9.93. The Morgan fingerprint density at radius 3 is 2.65 bits per heavy atom. The lowest BCUT2D eigenvalue weighted by molar-refractivity contribution is -0.137. The van der Waals surface area contributed by atoms with Crippen molar-refractivity contribution in [2.24, 2.45) is 7.05 Å². The lowest BCUT2D eigenvalue weighted by Gasteiger charge is -2.29. The number of hydrogen-bond acceptors (Lipinski definition) is 8.